The van der Waals surface area contributed by atoms with Crippen LogP contribution < -0.4 is 9.47 Å². The summed E-state index contributed by atoms with van der Waals surface area (Å²) in [4.78, 5) is 22.9. The summed E-state index contributed by atoms with van der Waals surface area (Å²) in [6.07, 6.45) is 5.67. The molecule has 4 fully saturated rings. The SMILES string of the molecule is C=C(C)C(=O)OCCOCC(O)COc1ccc(C23CC4CC(CC(C4)C2)C3)c(OCC(O)COCCOC(=O)C(=C)C)c1. The minimum atomic E-state index is -0.882. The van der Waals surface area contributed by atoms with Gasteiger partial charge in [0.15, 0.2) is 0 Å². The van der Waals surface area contributed by atoms with Crippen LogP contribution in [0.15, 0.2) is 42.5 Å². The molecule has 4 saturated carbocycles. The molecule has 44 heavy (non-hydrogen) atoms. The zero-order valence-electron chi connectivity index (χ0n) is 26.1. The smallest absolute Gasteiger partial charge is 0.333 e. The van der Waals surface area contributed by atoms with Crippen molar-refractivity contribution >= 4 is 11.9 Å². The molecule has 0 aliphatic heterocycles. The van der Waals surface area contributed by atoms with Crippen molar-refractivity contribution in [2.45, 2.75) is 70.0 Å². The predicted molar refractivity (Wildman–Crippen MR) is 162 cm³/mol. The lowest BCUT2D eigenvalue weighted by molar-refractivity contribution is -0.141. The molecular formula is C34H48O10. The summed E-state index contributed by atoms with van der Waals surface area (Å²) in [5.41, 5.74) is 1.87. The number of aliphatic hydroxyl groups is 2. The number of ether oxygens (including phenoxy) is 6. The summed E-state index contributed by atoms with van der Waals surface area (Å²) >= 11 is 0. The summed E-state index contributed by atoms with van der Waals surface area (Å²) in [7, 11) is 0. The topological polar surface area (TPSA) is 130 Å². The minimum absolute atomic E-state index is 0.00806. The molecule has 2 atom stereocenters. The molecule has 0 aromatic heterocycles. The van der Waals surface area contributed by atoms with E-state index in [9.17, 15) is 19.8 Å². The highest BCUT2D eigenvalue weighted by atomic mass is 16.6. The van der Waals surface area contributed by atoms with Gasteiger partial charge in [0.2, 0.25) is 0 Å². The quantitative estimate of drug-likeness (QED) is 0.134. The number of esters is 2. The first kappa shape index (κ1) is 34.0. The maximum atomic E-state index is 11.5. The van der Waals surface area contributed by atoms with Gasteiger partial charge in [0, 0.05) is 22.8 Å². The zero-order valence-corrected chi connectivity index (χ0v) is 26.1. The van der Waals surface area contributed by atoms with E-state index in [1.54, 1.807) is 13.8 Å². The average molecular weight is 617 g/mol. The van der Waals surface area contributed by atoms with Crippen molar-refractivity contribution in [1.82, 2.24) is 0 Å². The van der Waals surface area contributed by atoms with Crippen LogP contribution in [0.2, 0.25) is 0 Å². The van der Waals surface area contributed by atoms with Crippen molar-refractivity contribution in [2.75, 3.05) is 52.9 Å². The van der Waals surface area contributed by atoms with Crippen LogP contribution >= 0.6 is 0 Å². The minimum Gasteiger partial charge on any atom is -0.491 e. The van der Waals surface area contributed by atoms with E-state index >= 15 is 0 Å². The molecule has 1 aromatic carbocycles. The number of aliphatic hydroxyl groups excluding tert-OH is 2. The van der Waals surface area contributed by atoms with E-state index in [1.807, 2.05) is 12.1 Å². The van der Waals surface area contributed by atoms with Crippen molar-refractivity contribution in [3.63, 3.8) is 0 Å². The van der Waals surface area contributed by atoms with Crippen molar-refractivity contribution < 1.29 is 48.2 Å². The van der Waals surface area contributed by atoms with Crippen LogP contribution in [-0.4, -0.2) is 87.2 Å². The van der Waals surface area contributed by atoms with Gasteiger partial charge < -0.3 is 38.6 Å². The summed E-state index contributed by atoms with van der Waals surface area (Å²) in [6.45, 7) is 10.8. The Bertz CT molecular complexity index is 1130. The van der Waals surface area contributed by atoms with E-state index in [4.69, 9.17) is 28.4 Å². The van der Waals surface area contributed by atoms with Gasteiger partial charge >= 0.3 is 11.9 Å². The zero-order chi connectivity index (χ0) is 31.7. The second-order valence-corrected chi connectivity index (χ2v) is 12.8. The fraction of sp³-hybridized carbons (Fsp3) is 0.647. The first-order chi connectivity index (χ1) is 21.0. The van der Waals surface area contributed by atoms with E-state index in [-0.39, 0.29) is 58.3 Å². The third kappa shape index (κ3) is 9.54. The van der Waals surface area contributed by atoms with Gasteiger partial charge in [-0.05, 0) is 81.6 Å². The molecular weight excluding hydrogens is 568 g/mol. The highest BCUT2D eigenvalue weighted by molar-refractivity contribution is 5.87. The van der Waals surface area contributed by atoms with Crippen LogP contribution in [0.3, 0.4) is 0 Å². The molecule has 0 spiro atoms. The third-order valence-corrected chi connectivity index (χ3v) is 8.68. The maximum absolute atomic E-state index is 11.5. The number of carbonyl (C=O) groups excluding carboxylic acids is 2. The summed E-state index contributed by atoms with van der Waals surface area (Å²) < 4.78 is 33.0. The lowest BCUT2D eigenvalue weighted by Crippen LogP contribution is -2.48. The molecule has 10 nitrogen and oxygen atoms in total. The van der Waals surface area contributed by atoms with Gasteiger partial charge in [-0.15, -0.1) is 0 Å². The molecule has 4 aliphatic carbocycles. The first-order valence-electron chi connectivity index (χ1n) is 15.6. The number of carbonyl (C=O) groups is 2. The van der Waals surface area contributed by atoms with E-state index in [2.05, 4.69) is 19.2 Å². The van der Waals surface area contributed by atoms with Gasteiger partial charge in [0.05, 0.1) is 26.4 Å². The molecule has 244 valence electrons. The second kappa shape index (κ2) is 15.9. The highest BCUT2D eigenvalue weighted by Gasteiger charge is 2.52. The van der Waals surface area contributed by atoms with Crippen molar-refractivity contribution in [3.05, 3.63) is 48.1 Å². The highest BCUT2D eigenvalue weighted by Crippen LogP contribution is 2.62. The van der Waals surface area contributed by atoms with Crippen LogP contribution in [0.4, 0.5) is 0 Å². The van der Waals surface area contributed by atoms with Gasteiger partial charge in [-0.3, -0.25) is 0 Å². The summed E-state index contributed by atoms with van der Waals surface area (Å²) in [5.74, 6) is 2.54. The number of benzene rings is 1. The standard InChI is InChI=1S/C34H48O10/c1-22(2)32(37)41-9-7-39-18-27(35)20-43-29-5-6-30(34-15-24-11-25(16-34)13-26(12-24)17-34)31(14-29)44-21-28(36)19-40-8-10-42-33(38)23(3)4/h5-6,14,24-28,35-36H,1,3,7-13,15-21H2,2,4H3. The Balaban J connectivity index is 1.32. The van der Waals surface area contributed by atoms with Gasteiger partial charge in [-0.2, -0.15) is 0 Å². The second-order valence-electron chi connectivity index (χ2n) is 12.8. The Morgan fingerprint density at radius 3 is 1.73 bits per heavy atom. The molecule has 2 unspecified atom stereocenters. The van der Waals surface area contributed by atoms with Gasteiger partial charge in [-0.25, -0.2) is 9.59 Å². The van der Waals surface area contributed by atoms with E-state index in [1.165, 1.54) is 19.3 Å². The molecule has 0 saturated heterocycles. The van der Waals surface area contributed by atoms with Gasteiger partial charge in [0.25, 0.3) is 0 Å². The molecule has 5 rings (SSSR count). The lowest BCUT2D eigenvalue weighted by atomic mass is 9.48. The van der Waals surface area contributed by atoms with Crippen molar-refractivity contribution in [2.24, 2.45) is 17.8 Å². The van der Waals surface area contributed by atoms with Crippen LogP contribution in [-0.2, 0) is 34.0 Å². The van der Waals surface area contributed by atoms with Crippen LogP contribution in [0.5, 0.6) is 11.5 Å². The Kier molecular flexibility index (Phi) is 12.3. The van der Waals surface area contributed by atoms with Crippen LogP contribution in [0.1, 0.15) is 57.9 Å². The largest absolute Gasteiger partial charge is 0.491 e. The molecule has 0 amide bonds. The number of rotatable bonds is 19. The Morgan fingerprint density at radius 1 is 0.773 bits per heavy atom. The van der Waals surface area contributed by atoms with Crippen LogP contribution in [0, 0.1) is 17.8 Å². The third-order valence-electron chi connectivity index (χ3n) is 8.68. The fourth-order valence-electron chi connectivity index (χ4n) is 7.14. The maximum Gasteiger partial charge on any atom is 0.333 e. The lowest BCUT2D eigenvalue weighted by Gasteiger charge is -2.57. The number of hydrogen-bond acceptors (Lipinski definition) is 10. The Labute approximate surface area is 260 Å². The fourth-order valence-corrected chi connectivity index (χ4v) is 7.14. The molecule has 2 N–H and O–H groups in total. The molecule has 4 aliphatic rings. The Morgan fingerprint density at radius 2 is 1.25 bits per heavy atom. The molecule has 0 radical (unpaired) electrons. The molecule has 10 heteroatoms. The van der Waals surface area contributed by atoms with E-state index in [0.29, 0.717) is 22.6 Å². The first-order valence-corrected chi connectivity index (χ1v) is 15.6. The summed E-state index contributed by atoms with van der Waals surface area (Å²) in [6, 6.07) is 5.87. The Hall–Kier alpha value is -2.92. The average Bonchev–Trinajstić information content (AvgIpc) is 2.97. The van der Waals surface area contributed by atoms with Crippen molar-refractivity contribution in [1.29, 1.82) is 0 Å². The normalized spacial score (nSPS) is 24.8. The predicted octanol–water partition coefficient (Wildman–Crippen LogP) is 3.91. The van der Waals surface area contributed by atoms with Gasteiger partial charge in [0.1, 0.15) is 50.1 Å². The molecule has 0 heterocycles. The molecule has 1 aromatic rings. The van der Waals surface area contributed by atoms with E-state index < -0.39 is 24.1 Å². The van der Waals surface area contributed by atoms with Gasteiger partial charge in [-0.1, -0.05) is 19.2 Å². The number of hydrogen-bond donors (Lipinski definition) is 2. The van der Waals surface area contributed by atoms with E-state index in [0.717, 1.165) is 42.6 Å². The molecule has 4 bridgehead atoms. The monoisotopic (exact) mass is 616 g/mol. The summed E-state index contributed by atoms with van der Waals surface area (Å²) in [5, 5.41) is 20.9. The van der Waals surface area contributed by atoms with Crippen molar-refractivity contribution in [3.8, 4) is 11.5 Å². The van der Waals surface area contributed by atoms with Crippen LogP contribution in [0.25, 0.3) is 0 Å².